The molecule has 1 spiro atoms. The van der Waals surface area contributed by atoms with E-state index in [0.717, 1.165) is 51.1 Å². The first-order valence-corrected chi connectivity index (χ1v) is 15.0. The van der Waals surface area contributed by atoms with Gasteiger partial charge in [0.2, 0.25) is 5.91 Å². The molecule has 7 rings (SSSR count). The molecule has 212 valence electrons. The molecule has 0 aromatic heterocycles. The van der Waals surface area contributed by atoms with Crippen LogP contribution in [0.2, 0.25) is 0 Å². The first kappa shape index (κ1) is 26.1. The molecular formula is C34H38N4O3. The molecule has 7 heteroatoms. The topological polar surface area (TPSA) is 56.3 Å². The summed E-state index contributed by atoms with van der Waals surface area (Å²) in [4.78, 5) is 36.5. The minimum atomic E-state index is -0.495. The Hall–Kier alpha value is -3.84. The molecule has 41 heavy (non-hydrogen) atoms. The molecule has 7 nitrogen and oxygen atoms in total. The maximum Gasteiger partial charge on any atom is 0.260 e. The van der Waals surface area contributed by atoms with Crippen molar-refractivity contribution >= 4 is 17.5 Å². The highest BCUT2D eigenvalue weighted by Crippen LogP contribution is 2.41. The van der Waals surface area contributed by atoms with E-state index in [0.29, 0.717) is 29.8 Å². The highest BCUT2D eigenvalue weighted by molar-refractivity contribution is 5.98. The summed E-state index contributed by atoms with van der Waals surface area (Å²) in [7, 11) is 0. The molecule has 0 radical (unpaired) electrons. The number of amides is 2. The van der Waals surface area contributed by atoms with Gasteiger partial charge in [0.15, 0.2) is 6.73 Å². The van der Waals surface area contributed by atoms with Crippen LogP contribution in [0.15, 0.2) is 84.9 Å². The molecule has 0 bridgehead atoms. The normalized spacial score (nSPS) is 21.2. The third kappa shape index (κ3) is 5.08. The number of hydrogen-bond donors (Lipinski definition) is 0. The maximum atomic E-state index is 14.0. The lowest BCUT2D eigenvalue weighted by molar-refractivity contribution is -0.133. The fourth-order valence-electron chi connectivity index (χ4n) is 6.91. The molecule has 2 amide bonds. The van der Waals surface area contributed by atoms with Crippen LogP contribution in [0.1, 0.15) is 41.6 Å². The summed E-state index contributed by atoms with van der Waals surface area (Å²) in [6.45, 7) is 4.18. The van der Waals surface area contributed by atoms with Gasteiger partial charge in [-0.1, -0.05) is 60.7 Å². The van der Waals surface area contributed by atoms with Crippen molar-refractivity contribution in [3.63, 3.8) is 0 Å². The molecule has 1 saturated carbocycles. The maximum absolute atomic E-state index is 14.0. The number of fused-ring (bicyclic) bond motifs is 1. The number of ether oxygens (including phenoxy) is 1. The van der Waals surface area contributed by atoms with E-state index in [4.69, 9.17) is 4.74 Å². The molecule has 3 aliphatic heterocycles. The molecule has 2 saturated heterocycles. The summed E-state index contributed by atoms with van der Waals surface area (Å²) in [5.74, 6) is 1.65. The molecule has 3 fully saturated rings. The quantitative estimate of drug-likeness (QED) is 0.409. The second kappa shape index (κ2) is 10.9. The van der Waals surface area contributed by atoms with E-state index in [-0.39, 0.29) is 18.7 Å². The van der Waals surface area contributed by atoms with E-state index in [1.165, 1.54) is 18.4 Å². The second-order valence-electron chi connectivity index (χ2n) is 12.1. The van der Waals surface area contributed by atoms with Crippen molar-refractivity contribution in [1.82, 2.24) is 14.7 Å². The summed E-state index contributed by atoms with van der Waals surface area (Å²) < 4.78 is 6.05. The molecule has 0 N–H and O–H groups in total. The highest BCUT2D eigenvalue weighted by Gasteiger charge is 2.54. The first-order chi connectivity index (χ1) is 20.1. The fraction of sp³-hybridized carbons (Fsp3) is 0.412. The van der Waals surface area contributed by atoms with Crippen LogP contribution < -0.4 is 9.64 Å². The minimum absolute atomic E-state index is 0.0261. The lowest BCUT2D eigenvalue weighted by atomic mass is 9.85. The Morgan fingerprint density at radius 2 is 1.54 bits per heavy atom. The van der Waals surface area contributed by atoms with Crippen molar-refractivity contribution < 1.29 is 14.3 Å². The monoisotopic (exact) mass is 550 g/mol. The fourth-order valence-corrected chi connectivity index (χ4v) is 6.91. The zero-order chi connectivity index (χ0) is 27.8. The summed E-state index contributed by atoms with van der Waals surface area (Å²) >= 11 is 0. The van der Waals surface area contributed by atoms with Gasteiger partial charge in [0.05, 0.1) is 18.3 Å². The van der Waals surface area contributed by atoms with Gasteiger partial charge in [0, 0.05) is 31.9 Å². The van der Waals surface area contributed by atoms with Gasteiger partial charge in [-0.2, -0.15) is 0 Å². The van der Waals surface area contributed by atoms with Crippen LogP contribution in [0, 0.1) is 5.92 Å². The number of piperidine rings is 1. The Bertz CT molecular complexity index is 1390. The zero-order valence-electron chi connectivity index (χ0n) is 23.5. The number of benzene rings is 3. The molecule has 1 unspecified atom stereocenters. The number of likely N-dealkylation sites (tertiary alicyclic amines) is 1. The summed E-state index contributed by atoms with van der Waals surface area (Å²) in [6, 6.07) is 28.3. The van der Waals surface area contributed by atoms with Crippen molar-refractivity contribution in [3.8, 4) is 5.75 Å². The van der Waals surface area contributed by atoms with Gasteiger partial charge in [-0.05, 0) is 67.9 Å². The van der Waals surface area contributed by atoms with Crippen LogP contribution in [0.25, 0.3) is 0 Å². The van der Waals surface area contributed by atoms with Gasteiger partial charge in [-0.25, -0.2) is 0 Å². The largest absolute Gasteiger partial charge is 0.472 e. The van der Waals surface area contributed by atoms with Crippen LogP contribution in [-0.2, 0) is 11.2 Å². The van der Waals surface area contributed by atoms with Crippen LogP contribution in [-0.4, -0.2) is 77.7 Å². The number of carbonyl (C=O) groups is 2. The SMILES string of the molecule is O=C1c2ccccc2OCN1C(Cc1ccccc1)CN1CCC2(CC1)C(=O)N(CC1CC1)CN2c1ccccc1. The molecule has 3 heterocycles. The third-order valence-corrected chi connectivity index (χ3v) is 9.40. The summed E-state index contributed by atoms with van der Waals surface area (Å²) in [5, 5.41) is 0. The summed E-state index contributed by atoms with van der Waals surface area (Å²) in [5.41, 5.74) is 2.46. The van der Waals surface area contributed by atoms with E-state index >= 15 is 0 Å². The van der Waals surface area contributed by atoms with E-state index in [2.05, 4.69) is 63.2 Å². The number of carbonyl (C=O) groups excluding carboxylic acids is 2. The predicted molar refractivity (Wildman–Crippen MR) is 159 cm³/mol. The predicted octanol–water partition coefficient (Wildman–Crippen LogP) is 4.64. The lowest BCUT2D eigenvalue weighted by Crippen LogP contribution is -2.58. The minimum Gasteiger partial charge on any atom is -0.472 e. The van der Waals surface area contributed by atoms with E-state index in [9.17, 15) is 9.59 Å². The molecule has 3 aromatic rings. The van der Waals surface area contributed by atoms with Crippen molar-refractivity contribution in [1.29, 1.82) is 0 Å². The Labute approximate surface area is 242 Å². The first-order valence-electron chi connectivity index (χ1n) is 15.0. The number of para-hydroxylation sites is 2. The number of hydrogen-bond acceptors (Lipinski definition) is 5. The van der Waals surface area contributed by atoms with Crippen molar-refractivity contribution in [2.75, 3.05) is 44.5 Å². The second-order valence-corrected chi connectivity index (χ2v) is 12.1. The van der Waals surface area contributed by atoms with Crippen LogP contribution in [0.5, 0.6) is 5.75 Å². The molecule has 3 aromatic carbocycles. The van der Waals surface area contributed by atoms with Gasteiger partial charge >= 0.3 is 0 Å². The van der Waals surface area contributed by atoms with Crippen molar-refractivity contribution in [2.24, 2.45) is 5.92 Å². The van der Waals surface area contributed by atoms with Gasteiger partial charge in [-0.3, -0.25) is 9.59 Å². The summed E-state index contributed by atoms with van der Waals surface area (Å²) in [6.07, 6.45) is 4.80. The van der Waals surface area contributed by atoms with Gasteiger partial charge < -0.3 is 24.3 Å². The zero-order valence-corrected chi connectivity index (χ0v) is 23.5. The molecule has 4 aliphatic rings. The number of anilines is 1. The third-order valence-electron chi connectivity index (χ3n) is 9.40. The lowest BCUT2D eigenvalue weighted by Gasteiger charge is -2.45. The van der Waals surface area contributed by atoms with Gasteiger partial charge in [0.1, 0.15) is 11.3 Å². The van der Waals surface area contributed by atoms with E-state index in [1.54, 1.807) is 0 Å². The Morgan fingerprint density at radius 1 is 0.854 bits per heavy atom. The Kier molecular flexibility index (Phi) is 6.91. The molecular weight excluding hydrogens is 512 g/mol. The smallest absolute Gasteiger partial charge is 0.260 e. The van der Waals surface area contributed by atoms with Crippen molar-refractivity contribution in [3.05, 3.63) is 96.1 Å². The Balaban J connectivity index is 1.10. The highest BCUT2D eigenvalue weighted by atomic mass is 16.5. The van der Waals surface area contributed by atoms with Crippen LogP contribution in [0.3, 0.4) is 0 Å². The van der Waals surface area contributed by atoms with Gasteiger partial charge in [0.25, 0.3) is 5.91 Å². The number of nitrogens with zero attached hydrogens (tertiary/aromatic N) is 4. The molecule has 1 aliphatic carbocycles. The standard InChI is InChI=1S/C34H38N4O3/c39-32-30-13-7-8-14-31(30)41-25-37(32)29(21-26-9-3-1-4-10-26)23-35-19-17-34(18-20-35)33(40)36(22-27-15-16-27)24-38(34)28-11-5-2-6-12-28/h1-14,27,29H,15-25H2. The van der Waals surface area contributed by atoms with E-state index in [1.807, 2.05) is 41.3 Å². The molecule has 1 atom stereocenters. The Morgan fingerprint density at radius 3 is 2.27 bits per heavy atom. The average Bonchev–Trinajstić information content (AvgIpc) is 3.80. The van der Waals surface area contributed by atoms with Crippen LogP contribution >= 0.6 is 0 Å². The van der Waals surface area contributed by atoms with E-state index < -0.39 is 5.54 Å². The number of rotatable bonds is 8. The van der Waals surface area contributed by atoms with Gasteiger partial charge in [-0.15, -0.1) is 0 Å². The average molecular weight is 551 g/mol. The van der Waals surface area contributed by atoms with Crippen LogP contribution in [0.4, 0.5) is 5.69 Å². The van der Waals surface area contributed by atoms with Crippen molar-refractivity contribution in [2.45, 2.75) is 43.7 Å².